The molecule has 28 heavy (non-hydrogen) atoms. The fourth-order valence-electron chi connectivity index (χ4n) is 4.19. The summed E-state index contributed by atoms with van der Waals surface area (Å²) in [5, 5.41) is 4.83. The SMILES string of the molecule is Cc1ccc2nc(CNCc3ccc4[nH]c(CN5CCCC5)cc4c3)cn2c1. The van der Waals surface area contributed by atoms with Gasteiger partial charge in [0.1, 0.15) is 5.65 Å². The van der Waals surface area contributed by atoms with Crippen LogP contribution in [0.3, 0.4) is 0 Å². The molecule has 0 saturated carbocycles. The smallest absolute Gasteiger partial charge is 0.137 e. The van der Waals surface area contributed by atoms with Crippen LogP contribution in [0.2, 0.25) is 0 Å². The second-order valence-corrected chi connectivity index (χ2v) is 8.01. The van der Waals surface area contributed by atoms with Crippen LogP contribution in [0.4, 0.5) is 0 Å². The number of rotatable bonds is 6. The molecular weight excluding hydrogens is 346 g/mol. The number of fused-ring (bicyclic) bond motifs is 2. The second-order valence-electron chi connectivity index (χ2n) is 8.01. The molecular formula is C23H27N5. The van der Waals surface area contributed by atoms with Gasteiger partial charge in [-0.05, 0) is 68.2 Å². The number of hydrogen-bond donors (Lipinski definition) is 2. The standard InChI is InChI=1S/C23H27N5/c1-17-4-7-23-26-21(16-28(23)14-17)13-24-12-18-5-6-22-19(10-18)11-20(25-22)15-27-8-2-3-9-27/h4-7,10-11,14,16,24-25H,2-3,8-9,12-13,15H2,1H3. The highest BCUT2D eigenvalue weighted by Crippen LogP contribution is 2.20. The lowest BCUT2D eigenvalue weighted by Gasteiger charge is -2.12. The van der Waals surface area contributed by atoms with Crippen molar-refractivity contribution in [3.63, 3.8) is 0 Å². The second kappa shape index (κ2) is 7.41. The zero-order valence-corrected chi connectivity index (χ0v) is 16.4. The quantitative estimate of drug-likeness (QED) is 0.537. The van der Waals surface area contributed by atoms with Crippen LogP contribution in [0.15, 0.2) is 48.8 Å². The average Bonchev–Trinajstić information content (AvgIpc) is 3.40. The molecule has 5 nitrogen and oxygen atoms in total. The Labute approximate surface area is 165 Å². The zero-order chi connectivity index (χ0) is 18.9. The topological polar surface area (TPSA) is 48.4 Å². The molecule has 5 rings (SSSR count). The maximum Gasteiger partial charge on any atom is 0.137 e. The summed E-state index contributed by atoms with van der Waals surface area (Å²) < 4.78 is 2.10. The Kier molecular flexibility index (Phi) is 4.63. The number of H-pyrrole nitrogens is 1. The third-order valence-corrected chi connectivity index (χ3v) is 5.62. The minimum absolute atomic E-state index is 0.770. The number of hydrogen-bond acceptors (Lipinski definition) is 3. The molecule has 4 heterocycles. The fraction of sp³-hybridized carbons (Fsp3) is 0.348. The number of nitrogens with one attached hydrogen (secondary N) is 2. The van der Waals surface area contributed by atoms with Gasteiger partial charge in [-0.25, -0.2) is 4.98 Å². The third-order valence-electron chi connectivity index (χ3n) is 5.62. The first-order valence-corrected chi connectivity index (χ1v) is 10.2. The molecule has 3 aromatic heterocycles. The molecule has 1 aliphatic heterocycles. The van der Waals surface area contributed by atoms with Crippen molar-refractivity contribution < 1.29 is 0 Å². The van der Waals surface area contributed by atoms with Gasteiger partial charge in [-0.3, -0.25) is 4.90 Å². The molecule has 4 aromatic rings. The van der Waals surface area contributed by atoms with Gasteiger partial charge >= 0.3 is 0 Å². The fourth-order valence-corrected chi connectivity index (χ4v) is 4.19. The van der Waals surface area contributed by atoms with E-state index in [1.54, 1.807) is 0 Å². The van der Waals surface area contributed by atoms with Crippen LogP contribution in [-0.2, 0) is 19.6 Å². The normalized spacial score (nSPS) is 15.2. The number of benzene rings is 1. The largest absolute Gasteiger partial charge is 0.357 e. The van der Waals surface area contributed by atoms with E-state index in [-0.39, 0.29) is 0 Å². The summed E-state index contributed by atoms with van der Waals surface area (Å²) in [6.45, 7) is 7.21. The van der Waals surface area contributed by atoms with Crippen LogP contribution in [0.1, 0.15) is 35.4 Å². The van der Waals surface area contributed by atoms with Crippen LogP contribution >= 0.6 is 0 Å². The summed E-state index contributed by atoms with van der Waals surface area (Å²) in [5.74, 6) is 0. The van der Waals surface area contributed by atoms with Gasteiger partial charge in [-0.15, -0.1) is 0 Å². The van der Waals surface area contributed by atoms with Gasteiger partial charge in [0, 0.05) is 48.6 Å². The van der Waals surface area contributed by atoms with Crippen molar-refractivity contribution >= 4 is 16.6 Å². The summed E-state index contributed by atoms with van der Waals surface area (Å²) in [7, 11) is 0. The Balaban J connectivity index is 1.23. The Morgan fingerprint density at radius 2 is 1.93 bits per heavy atom. The molecule has 0 radical (unpaired) electrons. The number of likely N-dealkylation sites (tertiary alicyclic amines) is 1. The van der Waals surface area contributed by atoms with Crippen LogP contribution in [0, 0.1) is 6.92 Å². The van der Waals surface area contributed by atoms with Crippen molar-refractivity contribution in [1.82, 2.24) is 24.6 Å². The van der Waals surface area contributed by atoms with E-state index in [0.29, 0.717) is 0 Å². The van der Waals surface area contributed by atoms with Crippen LogP contribution < -0.4 is 5.32 Å². The monoisotopic (exact) mass is 373 g/mol. The summed E-state index contributed by atoms with van der Waals surface area (Å²) >= 11 is 0. The predicted molar refractivity (Wildman–Crippen MR) is 113 cm³/mol. The van der Waals surface area contributed by atoms with Gasteiger partial charge in [0.2, 0.25) is 0 Å². The van der Waals surface area contributed by atoms with Crippen molar-refractivity contribution in [3.05, 3.63) is 71.3 Å². The maximum atomic E-state index is 4.68. The lowest BCUT2D eigenvalue weighted by atomic mass is 10.1. The Bertz CT molecular complexity index is 1100. The minimum atomic E-state index is 0.770. The highest BCUT2D eigenvalue weighted by molar-refractivity contribution is 5.81. The van der Waals surface area contributed by atoms with E-state index >= 15 is 0 Å². The summed E-state index contributed by atoms with van der Waals surface area (Å²) in [6, 6.07) is 13.2. The van der Waals surface area contributed by atoms with Gasteiger partial charge in [-0.1, -0.05) is 12.1 Å². The van der Waals surface area contributed by atoms with Gasteiger partial charge in [0.25, 0.3) is 0 Å². The van der Waals surface area contributed by atoms with Gasteiger partial charge in [0.05, 0.1) is 5.69 Å². The van der Waals surface area contributed by atoms with Gasteiger partial charge < -0.3 is 14.7 Å². The first kappa shape index (κ1) is 17.5. The van der Waals surface area contributed by atoms with Crippen molar-refractivity contribution in [1.29, 1.82) is 0 Å². The average molecular weight is 374 g/mol. The molecule has 5 heteroatoms. The molecule has 0 aliphatic carbocycles. The first-order valence-electron chi connectivity index (χ1n) is 10.2. The number of aromatic nitrogens is 3. The van der Waals surface area contributed by atoms with E-state index in [2.05, 4.69) is 80.3 Å². The predicted octanol–water partition coefficient (Wildman–Crippen LogP) is 4.01. The number of imidazole rings is 1. The minimum Gasteiger partial charge on any atom is -0.357 e. The molecule has 1 aliphatic rings. The highest BCUT2D eigenvalue weighted by Gasteiger charge is 2.13. The van der Waals surface area contributed by atoms with E-state index < -0.39 is 0 Å². The molecule has 0 atom stereocenters. The van der Waals surface area contributed by atoms with E-state index in [0.717, 1.165) is 31.0 Å². The van der Waals surface area contributed by atoms with Crippen molar-refractivity contribution in [2.45, 2.75) is 39.4 Å². The molecule has 0 unspecified atom stereocenters. The van der Waals surface area contributed by atoms with E-state index in [9.17, 15) is 0 Å². The molecule has 1 aromatic carbocycles. The van der Waals surface area contributed by atoms with Crippen LogP contribution in [0.25, 0.3) is 16.6 Å². The van der Waals surface area contributed by atoms with E-state index in [1.807, 2.05) is 0 Å². The summed E-state index contributed by atoms with van der Waals surface area (Å²) in [5.41, 5.74) is 7.17. The Hall–Kier alpha value is -2.63. The molecule has 1 fully saturated rings. The van der Waals surface area contributed by atoms with E-state index in [4.69, 9.17) is 0 Å². The molecule has 144 valence electrons. The van der Waals surface area contributed by atoms with E-state index in [1.165, 1.54) is 53.7 Å². The Morgan fingerprint density at radius 3 is 2.82 bits per heavy atom. The number of aromatic amines is 1. The summed E-state index contributed by atoms with van der Waals surface area (Å²) in [6.07, 6.45) is 6.89. The lowest BCUT2D eigenvalue weighted by molar-refractivity contribution is 0.328. The summed E-state index contributed by atoms with van der Waals surface area (Å²) in [4.78, 5) is 10.8. The van der Waals surface area contributed by atoms with Crippen molar-refractivity contribution in [3.8, 4) is 0 Å². The first-order chi connectivity index (χ1) is 13.7. The maximum absolute atomic E-state index is 4.68. The number of aryl methyl sites for hydroxylation is 1. The molecule has 2 N–H and O–H groups in total. The molecule has 0 bridgehead atoms. The number of pyridine rings is 1. The Morgan fingerprint density at radius 1 is 1.04 bits per heavy atom. The molecule has 1 saturated heterocycles. The van der Waals surface area contributed by atoms with Gasteiger partial charge in [-0.2, -0.15) is 0 Å². The third kappa shape index (κ3) is 3.68. The van der Waals surface area contributed by atoms with Crippen LogP contribution in [-0.4, -0.2) is 32.4 Å². The molecule has 0 spiro atoms. The van der Waals surface area contributed by atoms with Gasteiger partial charge in [0.15, 0.2) is 0 Å². The van der Waals surface area contributed by atoms with Crippen LogP contribution in [0.5, 0.6) is 0 Å². The lowest BCUT2D eigenvalue weighted by Crippen LogP contribution is -2.18. The number of nitrogens with zero attached hydrogens (tertiary/aromatic N) is 3. The van der Waals surface area contributed by atoms with Crippen molar-refractivity contribution in [2.75, 3.05) is 13.1 Å². The molecule has 0 amide bonds. The zero-order valence-electron chi connectivity index (χ0n) is 16.4. The van der Waals surface area contributed by atoms with Crippen molar-refractivity contribution in [2.24, 2.45) is 0 Å². The highest BCUT2D eigenvalue weighted by atomic mass is 15.1.